The molecule has 1 atom stereocenters. The van der Waals surface area contributed by atoms with Gasteiger partial charge in [-0.15, -0.1) is 0 Å². The molecule has 1 amide bonds. The Balaban J connectivity index is 1.65. The predicted molar refractivity (Wildman–Crippen MR) is 140 cm³/mol. The molecule has 0 saturated heterocycles. The second-order valence-electron chi connectivity index (χ2n) is 8.57. The lowest BCUT2D eigenvalue weighted by atomic mass is 9.94. The van der Waals surface area contributed by atoms with Crippen molar-refractivity contribution in [3.05, 3.63) is 130 Å². The Bertz CT molecular complexity index is 1450. The van der Waals surface area contributed by atoms with Gasteiger partial charge in [0.25, 0.3) is 15.9 Å². The zero-order valence-electron chi connectivity index (χ0n) is 19.9. The molecule has 4 rings (SSSR count). The summed E-state index contributed by atoms with van der Waals surface area (Å²) in [5, 5.41) is 3.16. The summed E-state index contributed by atoms with van der Waals surface area (Å²) >= 11 is 0. The van der Waals surface area contributed by atoms with Crippen molar-refractivity contribution < 1.29 is 13.2 Å². The molecule has 0 aromatic heterocycles. The van der Waals surface area contributed by atoms with Crippen molar-refractivity contribution in [2.24, 2.45) is 0 Å². The quantitative estimate of drug-likeness (QED) is 0.341. The Morgan fingerprint density at radius 1 is 0.743 bits per heavy atom. The van der Waals surface area contributed by atoms with Gasteiger partial charge in [0.15, 0.2) is 0 Å². The van der Waals surface area contributed by atoms with E-state index >= 15 is 0 Å². The Hall–Kier alpha value is -3.90. The third-order valence-corrected chi connectivity index (χ3v) is 7.44. The van der Waals surface area contributed by atoms with E-state index < -0.39 is 10.0 Å². The van der Waals surface area contributed by atoms with Crippen molar-refractivity contribution in [3.63, 3.8) is 0 Å². The van der Waals surface area contributed by atoms with Crippen molar-refractivity contribution in [1.29, 1.82) is 0 Å². The fourth-order valence-corrected chi connectivity index (χ4v) is 5.14. The van der Waals surface area contributed by atoms with Gasteiger partial charge in [0.2, 0.25) is 0 Å². The molecule has 0 spiro atoms. The molecule has 5 nitrogen and oxygen atoms in total. The van der Waals surface area contributed by atoms with Crippen LogP contribution in [0.1, 0.15) is 44.2 Å². The Morgan fingerprint density at radius 3 is 2.09 bits per heavy atom. The SMILES string of the molecule is Cc1ccc(S(=O)(=O)Nc2cccc(C(=O)NC(c3ccccc3)c3ccccc3C)c2C)cc1. The van der Waals surface area contributed by atoms with Crippen LogP contribution in [-0.4, -0.2) is 14.3 Å². The van der Waals surface area contributed by atoms with Gasteiger partial charge in [-0.3, -0.25) is 9.52 Å². The molecular weight excluding hydrogens is 456 g/mol. The standard InChI is InChI=1S/C29H28N2O3S/c1-20-16-18-24(19-17-20)35(33,34)31-27-15-9-14-26(22(27)3)29(32)30-28(23-11-5-4-6-12-23)25-13-8-7-10-21(25)2/h4-19,28,31H,1-3H3,(H,30,32). The number of carbonyl (C=O) groups excluding carboxylic acids is 1. The lowest BCUT2D eigenvalue weighted by Gasteiger charge is -2.22. The average molecular weight is 485 g/mol. The number of amides is 1. The summed E-state index contributed by atoms with van der Waals surface area (Å²) in [7, 11) is -3.79. The summed E-state index contributed by atoms with van der Waals surface area (Å²) < 4.78 is 28.5. The fraction of sp³-hybridized carbons (Fsp3) is 0.138. The number of sulfonamides is 1. The van der Waals surface area contributed by atoms with Gasteiger partial charge in [-0.1, -0.05) is 78.4 Å². The van der Waals surface area contributed by atoms with Crippen LogP contribution in [0.15, 0.2) is 102 Å². The van der Waals surface area contributed by atoms with Crippen LogP contribution in [0.2, 0.25) is 0 Å². The van der Waals surface area contributed by atoms with Gasteiger partial charge in [0.05, 0.1) is 16.6 Å². The van der Waals surface area contributed by atoms with Crippen LogP contribution < -0.4 is 10.0 Å². The summed E-state index contributed by atoms with van der Waals surface area (Å²) in [4.78, 5) is 13.6. The molecule has 0 aliphatic carbocycles. The Labute approximate surface area is 206 Å². The minimum atomic E-state index is -3.79. The molecule has 178 valence electrons. The molecular formula is C29H28N2O3S. The van der Waals surface area contributed by atoms with Crippen molar-refractivity contribution >= 4 is 21.6 Å². The summed E-state index contributed by atoms with van der Waals surface area (Å²) in [6, 6.07) is 29.1. The van der Waals surface area contributed by atoms with E-state index in [1.54, 1.807) is 49.4 Å². The summed E-state index contributed by atoms with van der Waals surface area (Å²) in [6.45, 7) is 5.66. The van der Waals surface area contributed by atoms with E-state index in [9.17, 15) is 13.2 Å². The van der Waals surface area contributed by atoms with Crippen LogP contribution in [0.5, 0.6) is 0 Å². The molecule has 0 fully saturated rings. The zero-order chi connectivity index (χ0) is 25.0. The third-order valence-electron chi connectivity index (χ3n) is 6.06. The predicted octanol–water partition coefficient (Wildman–Crippen LogP) is 5.93. The molecule has 0 heterocycles. The lowest BCUT2D eigenvalue weighted by Crippen LogP contribution is -2.30. The first-order valence-electron chi connectivity index (χ1n) is 11.4. The maximum atomic E-state index is 13.5. The van der Waals surface area contributed by atoms with E-state index in [4.69, 9.17) is 0 Å². The van der Waals surface area contributed by atoms with Crippen molar-refractivity contribution in [3.8, 4) is 0 Å². The molecule has 4 aromatic carbocycles. The van der Waals surface area contributed by atoms with Crippen LogP contribution in [0.3, 0.4) is 0 Å². The number of nitrogens with one attached hydrogen (secondary N) is 2. The van der Waals surface area contributed by atoms with Crippen LogP contribution in [0, 0.1) is 20.8 Å². The number of anilines is 1. The number of rotatable bonds is 7. The molecule has 6 heteroatoms. The highest BCUT2D eigenvalue weighted by atomic mass is 32.2. The average Bonchev–Trinajstić information content (AvgIpc) is 2.85. The van der Waals surface area contributed by atoms with Gasteiger partial charge < -0.3 is 5.32 Å². The highest BCUT2D eigenvalue weighted by Crippen LogP contribution is 2.27. The largest absolute Gasteiger partial charge is 0.341 e. The third kappa shape index (κ3) is 5.44. The summed E-state index contributed by atoms with van der Waals surface area (Å²) in [5.41, 5.74) is 5.33. The van der Waals surface area contributed by atoms with E-state index in [1.165, 1.54) is 0 Å². The van der Waals surface area contributed by atoms with Crippen molar-refractivity contribution in [2.75, 3.05) is 4.72 Å². The highest BCUT2D eigenvalue weighted by molar-refractivity contribution is 7.92. The molecule has 0 saturated carbocycles. The van der Waals surface area contributed by atoms with Crippen molar-refractivity contribution in [2.45, 2.75) is 31.7 Å². The van der Waals surface area contributed by atoms with Crippen LogP contribution >= 0.6 is 0 Å². The van der Waals surface area contributed by atoms with Gasteiger partial charge in [0, 0.05) is 5.56 Å². The Morgan fingerprint density at radius 2 is 1.40 bits per heavy atom. The molecule has 0 radical (unpaired) electrons. The van der Waals surface area contributed by atoms with Crippen LogP contribution in [-0.2, 0) is 10.0 Å². The van der Waals surface area contributed by atoms with Crippen LogP contribution in [0.4, 0.5) is 5.69 Å². The van der Waals surface area contributed by atoms with Gasteiger partial charge in [0.1, 0.15) is 0 Å². The summed E-state index contributed by atoms with van der Waals surface area (Å²) in [5.74, 6) is -0.281. The Kier molecular flexibility index (Phi) is 7.03. The molecule has 2 N–H and O–H groups in total. The molecule has 0 aliphatic rings. The molecule has 0 aliphatic heterocycles. The number of hydrogen-bond acceptors (Lipinski definition) is 3. The molecule has 0 bridgehead atoms. The molecule has 1 unspecified atom stereocenters. The summed E-state index contributed by atoms with van der Waals surface area (Å²) in [6.07, 6.45) is 0. The van der Waals surface area contributed by atoms with E-state index in [0.717, 1.165) is 22.3 Å². The maximum Gasteiger partial charge on any atom is 0.261 e. The second-order valence-corrected chi connectivity index (χ2v) is 10.3. The first-order valence-corrected chi connectivity index (χ1v) is 12.8. The van der Waals surface area contributed by atoms with E-state index in [0.29, 0.717) is 16.8 Å². The molecule has 35 heavy (non-hydrogen) atoms. The minimum Gasteiger partial charge on any atom is -0.341 e. The highest BCUT2D eigenvalue weighted by Gasteiger charge is 2.22. The topological polar surface area (TPSA) is 75.3 Å². The number of carbonyl (C=O) groups is 1. The minimum absolute atomic E-state index is 0.168. The maximum absolute atomic E-state index is 13.5. The van der Waals surface area contributed by atoms with Crippen molar-refractivity contribution in [1.82, 2.24) is 5.32 Å². The van der Waals surface area contributed by atoms with Gasteiger partial charge >= 0.3 is 0 Å². The zero-order valence-corrected chi connectivity index (χ0v) is 20.8. The van der Waals surface area contributed by atoms with Gasteiger partial charge in [-0.2, -0.15) is 0 Å². The van der Waals surface area contributed by atoms with Gasteiger partial charge in [-0.25, -0.2) is 8.42 Å². The normalized spacial score (nSPS) is 12.1. The van der Waals surface area contributed by atoms with E-state index in [1.807, 2.05) is 68.4 Å². The van der Waals surface area contributed by atoms with Crippen LogP contribution in [0.25, 0.3) is 0 Å². The fourth-order valence-electron chi connectivity index (χ4n) is 4.02. The second kappa shape index (κ2) is 10.2. The first kappa shape index (κ1) is 24.2. The van der Waals surface area contributed by atoms with E-state index in [-0.39, 0.29) is 16.8 Å². The lowest BCUT2D eigenvalue weighted by molar-refractivity contribution is 0.0942. The first-order chi connectivity index (χ1) is 16.8. The molecule has 4 aromatic rings. The number of hydrogen-bond donors (Lipinski definition) is 2. The monoisotopic (exact) mass is 484 g/mol. The number of aryl methyl sites for hydroxylation is 2. The smallest absolute Gasteiger partial charge is 0.261 e. The van der Waals surface area contributed by atoms with E-state index in [2.05, 4.69) is 10.0 Å². The number of benzene rings is 4. The van der Waals surface area contributed by atoms with Gasteiger partial charge in [-0.05, 0) is 67.3 Å².